The van der Waals surface area contributed by atoms with Crippen molar-refractivity contribution in [3.05, 3.63) is 53.6 Å². The summed E-state index contributed by atoms with van der Waals surface area (Å²) in [5.41, 5.74) is 0.467. The number of ketones is 1. The predicted molar refractivity (Wildman–Crippen MR) is 67.2 cm³/mol. The van der Waals surface area contributed by atoms with E-state index < -0.39 is 5.82 Å². The molecule has 5 heteroatoms. The van der Waals surface area contributed by atoms with Gasteiger partial charge in [-0.1, -0.05) is 0 Å². The maximum atomic E-state index is 13.3. The summed E-state index contributed by atoms with van der Waals surface area (Å²) in [5, 5.41) is 0. The molecule has 0 N–H and O–H groups in total. The van der Waals surface area contributed by atoms with Gasteiger partial charge in [0.05, 0.1) is 14.2 Å². The van der Waals surface area contributed by atoms with E-state index in [1.54, 1.807) is 12.1 Å². The van der Waals surface area contributed by atoms with E-state index in [0.29, 0.717) is 5.75 Å². The lowest BCUT2D eigenvalue weighted by molar-refractivity contribution is 0.103. The summed E-state index contributed by atoms with van der Waals surface area (Å²) in [6, 6.07) is 7.21. The van der Waals surface area contributed by atoms with Crippen molar-refractivity contribution in [2.24, 2.45) is 0 Å². The molecule has 0 aliphatic carbocycles. The van der Waals surface area contributed by atoms with Gasteiger partial charge in [0.2, 0.25) is 5.78 Å². The topological polar surface area (TPSA) is 48.4 Å². The van der Waals surface area contributed by atoms with E-state index in [2.05, 4.69) is 4.98 Å². The maximum absolute atomic E-state index is 13.3. The third-order valence-corrected chi connectivity index (χ3v) is 2.62. The second-order valence-corrected chi connectivity index (χ2v) is 3.73. The molecule has 0 atom stereocenters. The number of methoxy groups -OCH3 is 2. The number of halogens is 1. The molecule has 1 heterocycles. The quantitative estimate of drug-likeness (QED) is 0.793. The lowest BCUT2D eigenvalue weighted by atomic mass is 10.1. The highest BCUT2D eigenvalue weighted by molar-refractivity contribution is 6.09. The van der Waals surface area contributed by atoms with E-state index >= 15 is 0 Å². The maximum Gasteiger partial charge on any atom is 0.215 e. The zero-order valence-corrected chi connectivity index (χ0v) is 10.5. The Balaban J connectivity index is 2.44. The fourth-order valence-electron chi connectivity index (χ4n) is 1.66. The van der Waals surface area contributed by atoms with E-state index in [9.17, 15) is 9.18 Å². The molecule has 0 fully saturated rings. The molecule has 0 bridgehead atoms. The molecule has 1 aromatic carbocycles. The lowest BCUT2D eigenvalue weighted by Gasteiger charge is -2.07. The van der Waals surface area contributed by atoms with Crippen LogP contribution in [0.3, 0.4) is 0 Å². The molecule has 2 rings (SSSR count). The molecule has 0 amide bonds. The smallest absolute Gasteiger partial charge is 0.215 e. The molecule has 0 aliphatic rings. The number of carbonyl (C=O) groups excluding carboxylic acids is 1. The minimum absolute atomic E-state index is 0.0146. The number of carbonyl (C=O) groups is 1. The zero-order chi connectivity index (χ0) is 13.8. The number of pyridine rings is 1. The van der Waals surface area contributed by atoms with Gasteiger partial charge in [0.1, 0.15) is 5.75 Å². The predicted octanol–water partition coefficient (Wildman–Crippen LogP) is 2.47. The Bertz CT molecular complexity index is 613. The molecule has 0 saturated heterocycles. The number of nitrogens with zero attached hydrogens (tertiary/aromatic N) is 1. The number of ether oxygens (including phenoxy) is 2. The molecule has 0 saturated carbocycles. The molecule has 2 aromatic rings. The first-order valence-electron chi connectivity index (χ1n) is 5.54. The average Bonchev–Trinajstić information content (AvgIpc) is 2.47. The Kier molecular flexibility index (Phi) is 3.75. The highest BCUT2D eigenvalue weighted by Crippen LogP contribution is 2.23. The Hall–Kier alpha value is -2.43. The van der Waals surface area contributed by atoms with Gasteiger partial charge in [-0.15, -0.1) is 0 Å². The number of aromatic nitrogens is 1. The number of rotatable bonds is 4. The fraction of sp³-hybridized carbons (Fsp3) is 0.143. The SMILES string of the molecule is COc1cc(C(=O)c2ncccc2OC)ccc1F. The van der Waals surface area contributed by atoms with Crippen molar-refractivity contribution < 1.29 is 18.7 Å². The van der Waals surface area contributed by atoms with Crippen LogP contribution >= 0.6 is 0 Å². The van der Waals surface area contributed by atoms with Gasteiger partial charge in [-0.2, -0.15) is 0 Å². The first kappa shape index (κ1) is 13.0. The third-order valence-electron chi connectivity index (χ3n) is 2.62. The first-order chi connectivity index (χ1) is 9.17. The summed E-state index contributed by atoms with van der Waals surface area (Å²) < 4.78 is 23.2. The van der Waals surface area contributed by atoms with Gasteiger partial charge in [0, 0.05) is 11.8 Å². The minimum atomic E-state index is -0.521. The summed E-state index contributed by atoms with van der Waals surface area (Å²) in [6.45, 7) is 0. The summed E-state index contributed by atoms with van der Waals surface area (Å²) in [5.74, 6) is -0.487. The van der Waals surface area contributed by atoms with Gasteiger partial charge in [0.25, 0.3) is 0 Å². The van der Waals surface area contributed by atoms with Crippen LogP contribution in [-0.4, -0.2) is 25.0 Å². The second kappa shape index (κ2) is 5.48. The van der Waals surface area contributed by atoms with Gasteiger partial charge < -0.3 is 9.47 Å². The largest absolute Gasteiger partial charge is 0.494 e. The second-order valence-electron chi connectivity index (χ2n) is 3.73. The van der Waals surface area contributed by atoms with Crippen LogP contribution in [0.15, 0.2) is 36.5 Å². The van der Waals surface area contributed by atoms with Crippen LogP contribution in [0, 0.1) is 5.82 Å². The van der Waals surface area contributed by atoms with E-state index in [-0.39, 0.29) is 22.8 Å². The van der Waals surface area contributed by atoms with Crippen LogP contribution in [0.4, 0.5) is 4.39 Å². The number of benzene rings is 1. The highest BCUT2D eigenvalue weighted by atomic mass is 19.1. The Morgan fingerprint density at radius 1 is 1.16 bits per heavy atom. The fourth-order valence-corrected chi connectivity index (χ4v) is 1.66. The summed E-state index contributed by atoms with van der Waals surface area (Å²) in [4.78, 5) is 16.3. The third kappa shape index (κ3) is 2.54. The first-order valence-corrected chi connectivity index (χ1v) is 5.54. The molecule has 0 unspecified atom stereocenters. The average molecular weight is 261 g/mol. The van der Waals surface area contributed by atoms with Crippen molar-refractivity contribution in [3.63, 3.8) is 0 Å². The van der Waals surface area contributed by atoms with Gasteiger partial charge in [0.15, 0.2) is 17.3 Å². The molecule has 0 radical (unpaired) electrons. The zero-order valence-electron chi connectivity index (χ0n) is 10.5. The van der Waals surface area contributed by atoms with Crippen LogP contribution in [-0.2, 0) is 0 Å². The Morgan fingerprint density at radius 2 is 1.89 bits per heavy atom. The lowest BCUT2D eigenvalue weighted by Crippen LogP contribution is -2.07. The molecule has 19 heavy (non-hydrogen) atoms. The van der Waals surface area contributed by atoms with Crippen LogP contribution in [0.2, 0.25) is 0 Å². The van der Waals surface area contributed by atoms with E-state index in [1.165, 1.54) is 38.6 Å². The van der Waals surface area contributed by atoms with E-state index in [1.807, 2.05) is 0 Å². The van der Waals surface area contributed by atoms with Gasteiger partial charge in [-0.3, -0.25) is 4.79 Å². The van der Waals surface area contributed by atoms with Crippen molar-refractivity contribution in [2.75, 3.05) is 14.2 Å². The van der Waals surface area contributed by atoms with Gasteiger partial charge >= 0.3 is 0 Å². The van der Waals surface area contributed by atoms with Crippen LogP contribution < -0.4 is 9.47 Å². The van der Waals surface area contributed by atoms with Crippen molar-refractivity contribution >= 4 is 5.78 Å². The molecule has 4 nitrogen and oxygen atoms in total. The van der Waals surface area contributed by atoms with Gasteiger partial charge in [-0.25, -0.2) is 9.37 Å². The Labute approximate surface area is 109 Å². The molecule has 0 aliphatic heterocycles. The van der Waals surface area contributed by atoms with Crippen LogP contribution in [0.1, 0.15) is 16.1 Å². The van der Waals surface area contributed by atoms with Crippen molar-refractivity contribution in [2.45, 2.75) is 0 Å². The normalized spacial score (nSPS) is 10.1. The van der Waals surface area contributed by atoms with Crippen molar-refractivity contribution in [1.29, 1.82) is 0 Å². The molecule has 98 valence electrons. The molecular formula is C14H12FNO3. The van der Waals surface area contributed by atoms with Gasteiger partial charge in [-0.05, 0) is 30.3 Å². The highest BCUT2D eigenvalue weighted by Gasteiger charge is 2.17. The van der Waals surface area contributed by atoms with Crippen LogP contribution in [0.25, 0.3) is 0 Å². The summed E-state index contributed by atoms with van der Waals surface area (Å²) in [7, 11) is 2.80. The minimum Gasteiger partial charge on any atom is -0.494 e. The number of hydrogen-bond donors (Lipinski definition) is 0. The monoisotopic (exact) mass is 261 g/mol. The molecule has 1 aromatic heterocycles. The number of hydrogen-bond acceptors (Lipinski definition) is 4. The Morgan fingerprint density at radius 3 is 2.58 bits per heavy atom. The summed E-state index contributed by atoms with van der Waals surface area (Å²) in [6.07, 6.45) is 1.50. The van der Waals surface area contributed by atoms with E-state index in [0.717, 1.165) is 0 Å². The summed E-state index contributed by atoms with van der Waals surface area (Å²) >= 11 is 0. The van der Waals surface area contributed by atoms with Crippen LogP contribution in [0.5, 0.6) is 11.5 Å². The van der Waals surface area contributed by atoms with E-state index in [4.69, 9.17) is 9.47 Å². The molecular weight excluding hydrogens is 249 g/mol. The molecule has 0 spiro atoms. The van der Waals surface area contributed by atoms with Crippen molar-refractivity contribution in [1.82, 2.24) is 4.98 Å². The standard InChI is InChI=1S/C14H12FNO3/c1-18-11-4-3-7-16-13(11)14(17)9-5-6-10(15)12(8-9)19-2/h3-8H,1-2H3. The van der Waals surface area contributed by atoms with Crippen molar-refractivity contribution in [3.8, 4) is 11.5 Å².